The van der Waals surface area contributed by atoms with Gasteiger partial charge >= 0.3 is 0 Å². The highest BCUT2D eigenvalue weighted by Gasteiger charge is 2.12. The molecule has 3 aromatic rings. The molecule has 0 amide bonds. The molecule has 0 saturated heterocycles. The molecule has 0 N–H and O–H groups in total. The highest BCUT2D eigenvalue weighted by atomic mass is 16.1. The summed E-state index contributed by atoms with van der Waals surface area (Å²) in [5, 5.41) is 8.64. The van der Waals surface area contributed by atoms with Gasteiger partial charge in [-0.15, -0.1) is 5.10 Å². The van der Waals surface area contributed by atoms with Crippen LogP contribution < -0.4 is 0 Å². The summed E-state index contributed by atoms with van der Waals surface area (Å²) in [7, 11) is 1.78. The largest absolute Gasteiger partial charge is 0.294 e. The number of hydrogen-bond acceptors (Lipinski definition) is 4. The Bertz CT molecular complexity index is 743. The Morgan fingerprint density at radius 3 is 2.89 bits per heavy atom. The van der Waals surface area contributed by atoms with Crippen LogP contribution in [0.3, 0.4) is 0 Å². The lowest BCUT2D eigenvalue weighted by molar-refractivity contribution is 0.0993. The minimum atomic E-state index is 0.0269. The second-order valence-electron chi connectivity index (χ2n) is 4.36. The summed E-state index contributed by atoms with van der Waals surface area (Å²) < 4.78 is 1.59. The number of benzene rings is 1. The number of aryl methyl sites for hydroxylation is 1. The van der Waals surface area contributed by atoms with Crippen molar-refractivity contribution in [1.29, 1.82) is 0 Å². The number of Topliss-reactive ketones (excluding diaryl/α,β-unsaturated/α-hetero) is 1. The van der Waals surface area contributed by atoms with Gasteiger partial charge in [0.05, 0.1) is 17.6 Å². The minimum absolute atomic E-state index is 0.0269. The van der Waals surface area contributed by atoms with Crippen LogP contribution in [0.5, 0.6) is 0 Å². The standard InChI is InChI=1S/C14H12N4O/c1-18-9-10(16-17-18)8-14(19)12-6-7-15-13-5-3-2-4-11(12)13/h2-7,9H,8H2,1H3. The molecule has 0 aliphatic rings. The Hall–Kier alpha value is -2.56. The number of para-hydroxylation sites is 1. The molecular formula is C14H12N4O. The molecule has 0 bridgehead atoms. The van der Waals surface area contributed by atoms with Crippen molar-refractivity contribution < 1.29 is 4.79 Å². The third kappa shape index (κ3) is 2.22. The molecule has 0 radical (unpaired) electrons. The maximum atomic E-state index is 12.3. The molecule has 0 spiro atoms. The molecule has 2 heterocycles. The number of carbonyl (C=O) groups is 1. The summed E-state index contributed by atoms with van der Waals surface area (Å²) >= 11 is 0. The smallest absolute Gasteiger partial charge is 0.169 e. The number of fused-ring (bicyclic) bond motifs is 1. The quantitative estimate of drug-likeness (QED) is 0.667. The first-order valence-corrected chi connectivity index (χ1v) is 5.96. The van der Waals surface area contributed by atoms with Crippen LogP contribution in [0.1, 0.15) is 16.1 Å². The predicted octanol–water partition coefficient (Wildman–Crippen LogP) is 1.79. The van der Waals surface area contributed by atoms with Gasteiger partial charge in [0.1, 0.15) is 0 Å². The lowest BCUT2D eigenvalue weighted by Crippen LogP contribution is -2.05. The second kappa shape index (κ2) is 4.61. The topological polar surface area (TPSA) is 60.7 Å². The summed E-state index contributed by atoms with van der Waals surface area (Å²) in [6.07, 6.45) is 3.66. The summed E-state index contributed by atoms with van der Waals surface area (Å²) in [6.45, 7) is 0. The lowest BCUT2D eigenvalue weighted by atomic mass is 10.0. The lowest BCUT2D eigenvalue weighted by Gasteiger charge is -2.03. The van der Waals surface area contributed by atoms with E-state index in [2.05, 4.69) is 15.3 Å². The SMILES string of the molecule is Cn1cc(CC(=O)c2ccnc3ccccc23)nn1. The van der Waals surface area contributed by atoms with E-state index in [1.807, 2.05) is 24.3 Å². The summed E-state index contributed by atoms with van der Waals surface area (Å²) in [5.41, 5.74) is 2.18. The van der Waals surface area contributed by atoms with Gasteiger partial charge in [-0.1, -0.05) is 23.4 Å². The molecule has 94 valence electrons. The highest BCUT2D eigenvalue weighted by Crippen LogP contribution is 2.17. The maximum Gasteiger partial charge on any atom is 0.169 e. The van der Waals surface area contributed by atoms with Gasteiger partial charge in [0.2, 0.25) is 0 Å². The zero-order valence-electron chi connectivity index (χ0n) is 10.4. The average Bonchev–Trinajstić information content (AvgIpc) is 2.83. The number of rotatable bonds is 3. The summed E-state index contributed by atoms with van der Waals surface area (Å²) in [5.74, 6) is 0.0269. The van der Waals surface area contributed by atoms with Crippen molar-refractivity contribution in [3.05, 3.63) is 54.0 Å². The van der Waals surface area contributed by atoms with E-state index in [0.29, 0.717) is 11.3 Å². The van der Waals surface area contributed by atoms with Crippen LogP contribution in [0, 0.1) is 0 Å². The fourth-order valence-electron chi connectivity index (χ4n) is 2.08. The van der Waals surface area contributed by atoms with Crippen LogP contribution in [0.15, 0.2) is 42.7 Å². The van der Waals surface area contributed by atoms with E-state index >= 15 is 0 Å². The van der Waals surface area contributed by atoms with Crippen molar-refractivity contribution in [3.8, 4) is 0 Å². The highest BCUT2D eigenvalue weighted by molar-refractivity contribution is 6.07. The third-order valence-corrected chi connectivity index (χ3v) is 2.94. The van der Waals surface area contributed by atoms with Gasteiger partial charge in [-0.3, -0.25) is 14.5 Å². The number of ketones is 1. The number of nitrogens with zero attached hydrogens (tertiary/aromatic N) is 4. The number of carbonyl (C=O) groups excluding carboxylic acids is 1. The van der Waals surface area contributed by atoms with Gasteiger partial charge in [0.25, 0.3) is 0 Å². The van der Waals surface area contributed by atoms with Gasteiger partial charge in [0.15, 0.2) is 5.78 Å². The number of hydrogen-bond donors (Lipinski definition) is 0. The molecule has 0 atom stereocenters. The van der Waals surface area contributed by atoms with Gasteiger partial charge < -0.3 is 0 Å². The Kier molecular flexibility index (Phi) is 2.79. The normalized spacial score (nSPS) is 10.8. The number of pyridine rings is 1. The third-order valence-electron chi connectivity index (χ3n) is 2.94. The Balaban J connectivity index is 1.97. The molecule has 0 aliphatic carbocycles. The van der Waals surface area contributed by atoms with Crippen LogP contribution in [0.4, 0.5) is 0 Å². The first-order chi connectivity index (χ1) is 9.24. The molecule has 2 aromatic heterocycles. The second-order valence-corrected chi connectivity index (χ2v) is 4.36. The first kappa shape index (κ1) is 11.5. The average molecular weight is 252 g/mol. The van der Waals surface area contributed by atoms with Crippen molar-refractivity contribution in [2.45, 2.75) is 6.42 Å². The Labute approximate surface area is 109 Å². The van der Waals surface area contributed by atoms with E-state index in [9.17, 15) is 4.79 Å². The molecule has 3 rings (SSSR count). The van der Waals surface area contributed by atoms with Crippen LogP contribution in [0.2, 0.25) is 0 Å². The van der Waals surface area contributed by atoms with Crippen molar-refractivity contribution in [3.63, 3.8) is 0 Å². The molecule has 5 nitrogen and oxygen atoms in total. The minimum Gasteiger partial charge on any atom is -0.294 e. The molecule has 0 saturated carbocycles. The van der Waals surface area contributed by atoms with Crippen LogP contribution in [0.25, 0.3) is 10.9 Å². The van der Waals surface area contributed by atoms with Crippen molar-refractivity contribution in [1.82, 2.24) is 20.0 Å². The van der Waals surface area contributed by atoms with Crippen LogP contribution in [-0.4, -0.2) is 25.8 Å². The van der Waals surface area contributed by atoms with Gasteiger partial charge in [-0.05, 0) is 12.1 Å². The molecule has 19 heavy (non-hydrogen) atoms. The van der Waals surface area contributed by atoms with E-state index in [1.54, 1.807) is 30.2 Å². The summed E-state index contributed by atoms with van der Waals surface area (Å²) in [6, 6.07) is 9.37. The monoisotopic (exact) mass is 252 g/mol. The van der Waals surface area contributed by atoms with Gasteiger partial charge in [0, 0.05) is 30.4 Å². The van der Waals surface area contributed by atoms with Crippen molar-refractivity contribution in [2.24, 2.45) is 7.05 Å². The fraction of sp³-hybridized carbons (Fsp3) is 0.143. The van der Waals surface area contributed by atoms with Gasteiger partial charge in [-0.25, -0.2) is 0 Å². The molecule has 0 fully saturated rings. The number of aromatic nitrogens is 4. The predicted molar refractivity (Wildman–Crippen MR) is 70.8 cm³/mol. The van der Waals surface area contributed by atoms with Crippen LogP contribution >= 0.6 is 0 Å². The molecule has 5 heteroatoms. The Morgan fingerprint density at radius 1 is 1.26 bits per heavy atom. The zero-order chi connectivity index (χ0) is 13.2. The molecule has 1 aromatic carbocycles. The molecule has 0 unspecified atom stereocenters. The molecule has 0 aliphatic heterocycles. The first-order valence-electron chi connectivity index (χ1n) is 5.96. The van der Waals surface area contributed by atoms with Crippen molar-refractivity contribution in [2.75, 3.05) is 0 Å². The van der Waals surface area contributed by atoms with E-state index in [1.165, 1.54) is 0 Å². The van der Waals surface area contributed by atoms with E-state index in [-0.39, 0.29) is 12.2 Å². The van der Waals surface area contributed by atoms with Crippen molar-refractivity contribution >= 4 is 16.7 Å². The Morgan fingerprint density at radius 2 is 2.11 bits per heavy atom. The maximum absolute atomic E-state index is 12.3. The fourth-order valence-corrected chi connectivity index (χ4v) is 2.08. The van der Waals surface area contributed by atoms with Gasteiger partial charge in [-0.2, -0.15) is 0 Å². The van der Waals surface area contributed by atoms with E-state index in [4.69, 9.17) is 0 Å². The molecular weight excluding hydrogens is 240 g/mol. The van der Waals surface area contributed by atoms with Crippen LogP contribution in [-0.2, 0) is 13.5 Å². The summed E-state index contributed by atoms with van der Waals surface area (Å²) in [4.78, 5) is 16.6. The zero-order valence-corrected chi connectivity index (χ0v) is 10.4. The van der Waals surface area contributed by atoms with E-state index < -0.39 is 0 Å². The van der Waals surface area contributed by atoms with E-state index in [0.717, 1.165) is 10.9 Å².